The Hall–Kier alpha value is -1.27. The Morgan fingerprint density at radius 3 is 2.94 bits per heavy atom. The number of methoxy groups -OCH3 is 1. The lowest BCUT2D eigenvalue weighted by Crippen LogP contribution is -2.02. The van der Waals surface area contributed by atoms with Gasteiger partial charge in [-0.1, -0.05) is 5.21 Å². The van der Waals surface area contributed by atoms with Crippen LogP contribution in [0.3, 0.4) is 0 Å². The summed E-state index contributed by atoms with van der Waals surface area (Å²) in [6, 6.07) is 3.90. The van der Waals surface area contributed by atoms with E-state index in [1.54, 1.807) is 18.0 Å². The zero-order valence-corrected chi connectivity index (χ0v) is 10.4. The molecule has 16 heavy (non-hydrogen) atoms. The largest absolute Gasteiger partial charge is 0.378 e. The number of ether oxygens (including phenoxy) is 1. The highest BCUT2D eigenvalue weighted by Crippen LogP contribution is 2.08. The summed E-state index contributed by atoms with van der Waals surface area (Å²) in [5, 5.41) is 7.96. The number of pyridine rings is 1. The maximum Gasteiger partial charge on any atom is 0.108 e. The number of nitrogens with zero attached hydrogens (tertiary/aromatic N) is 4. The quantitative estimate of drug-likeness (QED) is 0.855. The number of halogens is 1. The second kappa shape index (κ2) is 5.18. The van der Waals surface area contributed by atoms with Crippen molar-refractivity contribution in [1.29, 1.82) is 0 Å². The average Bonchev–Trinajstić information content (AvgIpc) is 2.70. The molecule has 0 aliphatic rings. The summed E-state index contributed by atoms with van der Waals surface area (Å²) in [7, 11) is 1.63. The third kappa shape index (κ3) is 2.86. The van der Waals surface area contributed by atoms with Crippen LogP contribution < -0.4 is 0 Å². The van der Waals surface area contributed by atoms with Gasteiger partial charge in [-0.2, -0.15) is 0 Å². The fraction of sp³-hybridized carbons (Fsp3) is 0.300. The molecule has 2 heterocycles. The van der Waals surface area contributed by atoms with Crippen molar-refractivity contribution in [2.45, 2.75) is 13.2 Å². The first-order chi connectivity index (χ1) is 7.78. The van der Waals surface area contributed by atoms with E-state index in [-0.39, 0.29) is 0 Å². The van der Waals surface area contributed by atoms with Gasteiger partial charge in [-0.3, -0.25) is 4.98 Å². The number of hydrogen-bond donors (Lipinski definition) is 0. The standard InChI is InChI=1S/C10H11BrN4O/c1-16-7-10-6-15(14-13-10)5-9-3-2-8(11)4-12-9/h2-4,6H,5,7H2,1H3. The van der Waals surface area contributed by atoms with E-state index >= 15 is 0 Å². The van der Waals surface area contributed by atoms with Crippen LogP contribution in [0.2, 0.25) is 0 Å². The molecular formula is C10H11BrN4O. The lowest BCUT2D eigenvalue weighted by Gasteiger charge is -1.99. The first kappa shape index (κ1) is 11.2. The molecule has 0 N–H and O–H groups in total. The second-order valence-electron chi connectivity index (χ2n) is 3.31. The molecule has 0 saturated carbocycles. The minimum absolute atomic E-state index is 0.480. The van der Waals surface area contributed by atoms with Crippen molar-refractivity contribution in [3.05, 3.63) is 40.4 Å². The molecule has 0 saturated heterocycles. The van der Waals surface area contributed by atoms with Gasteiger partial charge >= 0.3 is 0 Å². The Kier molecular flexibility index (Phi) is 3.63. The molecule has 2 aromatic heterocycles. The number of aromatic nitrogens is 4. The van der Waals surface area contributed by atoms with E-state index < -0.39 is 0 Å². The van der Waals surface area contributed by atoms with Gasteiger partial charge in [0.15, 0.2) is 0 Å². The Bertz CT molecular complexity index is 454. The molecule has 0 radical (unpaired) electrons. The average molecular weight is 283 g/mol. The van der Waals surface area contributed by atoms with Crippen LogP contribution in [0.4, 0.5) is 0 Å². The Morgan fingerprint density at radius 1 is 1.38 bits per heavy atom. The highest BCUT2D eigenvalue weighted by molar-refractivity contribution is 9.10. The van der Waals surface area contributed by atoms with Crippen molar-refractivity contribution in [3.8, 4) is 0 Å². The van der Waals surface area contributed by atoms with E-state index in [1.807, 2.05) is 18.3 Å². The molecule has 0 atom stereocenters. The lowest BCUT2D eigenvalue weighted by atomic mass is 10.3. The Balaban J connectivity index is 2.05. The molecule has 0 fully saturated rings. The van der Waals surface area contributed by atoms with Gasteiger partial charge in [-0.25, -0.2) is 4.68 Å². The zero-order chi connectivity index (χ0) is 11.4. The molecule has 0 bridgehead atoms. The summed E-state index contributed by atoms with van der Waals surface area (Å²) in [6.45, 7) is 1.10. The van der Waals surface area contributed by atoms with Gasteiger partial charge in [0.05, 0.1) is 25.0 Å². The predicted molar refractivity (Wildman–Crippen MR) is 61.8 cm³/mol. The molecular weight excluding hydrogens is 272 g/mol. The van der Waals surface area contributed by atoms with Crippen LogP contribution in [0, 0.1) is 0 Å². The lowest BCUT2D eigenvalue weighted by molar-refractivity contribution is 0.181. The van der Waals surface area contributed by atoms with Crippen LogP contribution in [0.1, 0.15) is 11.4 Å². The van der Waals surface area contributed by atoms with Crippen molar-refractivity contribution >= 4 is 15.9 Å². The highest BCUT2D eigenvalue weighted by Gasteiger charge is 2.01. The van der Waals surface area contributed by atoms with E-state index in [0.29, 0.717) is 13.2 Å². The molecule has 0 aliphatic heterocycles. The van der Waals surface area contributed by atoms with Crippen LogP contribution in [0.5, 0.6) is 0 Å². The van der Waals surface area contributed by atoms with Crippen LogP contribution >= 0.6 is 15.9 Å². The molecule has 0 spiro atoms. The minimum Gasteiger partial charge on any atom is -0.378 e. The van der Waals surface area contributed by atoms with Gasteiger partial charge < -0.3 is 4.74 Å². The Morgan fingerprint density at radius 2 is 2.25 bits per heavy atom. The summed E-state index contributed by atoms with van der Waals surface area (Å²) in [5.41, 5.74) is 1.76. The Labute approximate surface area is 102 Å². The van der Waals surface area contributed by atoms with E-state index in [0.717, 1.165) is 15.9 Å². The third-order valence-electron chi connectivity index (χ3n) is 1.99. The maximum atomic E-state index is 4.97. The normalized spacial score (nSPS) is 10.6. The van der Waals surface area contributed by atoms with Crippen molar-refractivity contribution in [1.82, 2.24) is 20.0 Å². The molecule has 0 aromatic carbocycles. The van der Waals surface area contributed by atoms with Gasteiger partial charge in [0.2, 0.25) is 0 Å². The van der Waals surface area contributed by atoms with Crippen LogP contribution in [-0.2, 0) is 17.9 Å². The summed E-state index contributed by atoms with van der Waals surface area (Å²) in [4.78, 5) is 4.26. The van der Waals surface area contributed by atoms with Crippen LogP contribution in [0.15, 0.2) is 29.0 Å². The monoisotopic (exact) mass is 282 g/mol. The molecule has 0 amide bonds. The minimum atomic E-state index is 0.480. The van der Waals surface area contributed by atoms with Crippen molar-refractivity contribution in [2.24, 2.45) is 0 Å². The topological polar surface area (TPSA) is 52.8 Å². The second-order valence-corrected chi connectivity index (χ2v) is 4.22. The fourth-order valence-corrected chi connectivity index (χ4v) is 1.53. The van der Waals surface area contributed by atoms with E-state index in [4.69, 9.17) is 4.74 Å². The molecule has 5 nitrogen and oxygen atoms in total. The number of hydrogen-bond acceptors (Lipinski definition) is 4. The fourth-order valence-electron chi connectivity index (χ4n) is 1.30. The molecule has 6 heteroatoms. The molecule has 2 aromatic rings. The van der Waals surface area contributed by atoms with Crippen LogP contribution in [0.25, 0.3) is 0 Å². The van der Waals surface area contributed by atoms with Crippen molar-refractivity contribution in [3.63, 3.8) is 0 Å². The summed E-state index contributed by atoms with van der Waals surface area (Å²) >= 11 is 3.34. The summed E-state index contributed by atoms with van der Waals surface area (Å²) in [6.07, 6.45) is 3.62. The highest BCUT2D eigenvalue weighted by atomic mass is 79.9. The van der Waals surface area contributed by atoms with Crippen LogP contribution in [-0.4, -0.2) is 27.1 Å². The first-order valence-electron chi connectivity index (χ1n) is 4.76. The van der Waals surface area contributed by atoms with E-state index in [2.05, 4.69) is 31.2 Å². The molecule has 2 rings (SSSR count). The zero-order valence-electron chi connectivity index (χ0n) is 8.80. The smallest absolute Gasteiger partial charge is 0.108 e. The van der Waals surface area contributed by atoms with Gasteiger partial charge in [0.1, 0.15) is 5.69 Å². The van der Waals surface area contributed by atoms with E-state index in [1.165, 1.54) is 0 Å². The third-order valence-corrected chi connectivity index (χ3v) is 2.46. The van der Waals surface area contributed by atoms with Gasteiger partial charge in [0.25, 0.3) is 0 Å². The molecule has 0 unspecified atom stereocenters. The summed E-state index contributed by atoms with van der Waals surface area (Å²) in [5.74, 6) is 0. The SMILES string of the molecule is COCc1cn(Cc2ccc(Br)cn2)nn1. The van der Waals surface area contributed by atoms with Gasteiger partial charge in [-0.05, 0) is 28.1 Å². The van der Waals surface area contributed by atoms with Gasteiger partial charge in [-0.15, -0.1) is 5.10 Å². The predicted octanol–water partition coefficient (Wildman–Crippen LogP) is 1.63. The summed E-state index contributed by atoms with van der Waals surface area (Å²) < 4.78 is 7.68. The molecule has 84 valence electrons. The maximum absolute atomic E-state index is 4.97. The first-order valence-corrected chi connectivity index (χ1v) is 5.55. The van der Waals surface area contributed by atoms with Crippen molar-refractivity contribution < 1.29 is 4.74 Å². The number of rotatable bonds is 4. The van der Waals surface area contributed by atoms with Crippen molar-refractivity contribution in [2.75, 3.05) is 7.11 Å². The van der Waals surface area contributed by atoms with E-state index in [9.17, 15) is 0 Å². The van der Waals surface area contributed by atoms with Gasteiger partial charge in [0, 0.05) is 17.8 Å². The molecule has 0 aliphatic carbocycles.